The van der Waals surface area contributed by atoms with Crippen LogP contribution < -0.4 is 0 Å². The highest BCUT2D eigenvalue weighted by Crippen LogP contribution is 2.12. The van der Waals surface area contributed by atoms with Crippen LogP contribution in [0.15, 0.2) is 0 Å². The van der Waals surface area contributed by atoms with Crippen LogP contribution in [0.4, 0.5) is 4.79 Å². The molecule has 0 radical (unpaired) electrons. The molecule has 0 saturated carbocycles. The van der Waals surface area contributed by atoms with Gasteiger partial charge in [0.25, 0.3) is 0 Å². The van der Waals surface area contributed by atoms with E-state index in [1.165, 1.54) is 0 Å². The lowest BCUT2D eigenvalue weighted by Gasteiger charge is -2.28. The van der Waals surface area contributed by atoms with Crippen molar-refractivity contribution in [2.75, 3.05) is 13.1 Å². The molecule has 1 amide bonds. The molecular formula is C12H21NO4. The Kier molecular flexibility index (Phi) is 5.85. The molecule has 0 N–H and O–H groups in total. The number of likely N-dealkylation sites (tertiary alicyclic amines) is 1. The van der Waals surface area contributed by atoms with Crippen LogP contribution in [0.2, 0.25) is 0 Å². The molecule has 0 spiro atoms. The van der Waals surface area contributed by atoms with Crippen LogP contribution in [0.1, 0.15) is 41.0 Å². The first-order valence-electron chi connectivity index (χ1n) is 5.79. The van der Waals surface area contributed by atoms with Gasteiger partial charge in [-0.3, -0.25) is 14.5 Å². The minimum absolute atomic E-state index is 0.0271. The summed E-state index contributed by atoms with van der Waals surface area (Å²) in [6, 6.07) is 0. The Balaban J connectivity index is 0.00000121. The molecule has 0 unspecified atom stereocenters. The third-order valence-electron chi connectivity index (χ3n) is 1.78. The molecule has 5 heteroatoms. The number of ether oxygens (including phenoxy) is 1. The zero-order valence-corrected chi connectivity index (χ0v) is 11.2. The first-order valence-corrected chi connectivity index (χ1v) is 5.79. The second-order valence-electron chi connectivity index (χ2n) is 4.59. The summed E-state index contributed by atoms with van der Waals surface area (Å²) in [5.74, 6) is -0.478. The van der Waals surface area contributed by atoms with Crippen molar-refractivity contribution in [1.29, 1.82) is 0 Å². The molecule has 0 aromatic carbocycles. The maximum Gasteiger partial charge on any atom is 0.411 e. The van der Waals surface area contributed by atoms with Crippen molar-refractivity contribution >= 4 is 17.7 Å². The van der Waals surface area contributed by atoms with Crippen LogP contribution in [0, 0.1) is 0 Å². The average molecular weight is 243 g/mol. The molecule has 0 aromatic rings. The van der Waals surface area contributed by atoms with E-state index in [-0.39, 0.29) is 31.1 Å². The van der Waals surface area contributed by atoms with Gasteiger partial charge < -0.3 is 4.74 Å². The van der Waals surface area contributed by atoms with Crippen molar-refractivity contribution in [3.63, 3.8) is 0 Å². The topological polar surface area (TPSA) is 63.7 Å². The van der Waals surface area contributed by atoms with E-state index in [9.17, 15) is 14.4 Å². The van der Waals surface area contributed by atoms with Crippen LogP contribution in [0.25, 0.3) is 0 Å². The van der Waals surface area contributed by atoms with Gasteiger partial charge in [-0.05, 0) is 20.8 Å². The van der Waals surface area contributed by atoms with Crippen LogP contribution in [-0.4, -0.2) is 41.3 Å². The van der Waals surface area contributed by atoms with E-state index in [2.05, 4.69) is 0 Å². The summed E-state index contributed by atoms with van der Waals surface area (Å²) in [6.45, 7) is 9.15. The number of carbonyl (C=O) groups is 3. The van der Waals surface area contributed by atoms with E-state index >= 15 is 0 Å². The fraction of sp³-hybridized carbons (Fsp3) is 0.750. The summed E-state index contributed by atoms with van der Waals surface area (Å²) in [6.07, 6.45) is -0.678. The van der Waals surface area contributed by atoms with Gasteiger partial charge in [-0.2, -0.15) is 0 Å². The zero-order chi connectivity index (χ0) is 13.6. The van der Waals surface area contributed by atoms with Crippen molar-refractivity contribution in [2.24, 2.45) is 0 Å². The molecule has 17 heavy (non-hydrogen) atoms. The SMILES string of the molecule is CC.CC(C)(C)OC(=O)N1CC(=O)CC(=O)C1. The highest BCUT2D eigenvalue weighted by Gasteiger charge is 2.29. The predicted octanol–water partition coefficient (Wildman–Crippen LogP) is 1.79. The Morgan fingerprint density at radius 2 is 1.53 bits per heavy atom. The second-order valence-corrected chi connectivity index (χ2v) is 4.59. The van der Waals surface area contributed by atoms with E-state index in [0.29, 0.717) is 0 Å². The van der Waals surface area contributed by atoms with Gasteiger partial charge in [0.15, 0.2) is 11.6 Å². The smallest absolute Gasteiger partial charge is 0.411 e. The van der Waals surface area contributed by atoms with E-state index < -0.39 is 11.7 Å². The number of ketones is 2. The minimum Gasteiger partial charge on any atom is -0.444 e. The molecule has 1 aliphatic heterocycles. The summed E-state index contributed by atoms with van der Waals surface area (Å²) in [5, 5.41) is 0. The van der Waals surface area contributed by atoms with Crippen molar-refractivity contribution in [1.82, 2.24) is 4.90 Å². The number of rotatable bonds is 0. The summed E-state index contributed by atoms with van der Waals surface area (Å²) >= 11 is 0. The van der Waals surface area contributed by atoms with Crippen LogP contribution >= 0.6 is 0 Å². The minimum atomic E-state index is -0.610. The van der Waals surface area contributed by atoms with E-state index in [1.807, 2.05) is 13.8 Å². The number of hydrogen-bond acceptors (Lipinski definition) is 4. The molecule has 0 bridgehead atoms. The first-order chi connectivity index (χ1) is 7.78. The molecule has 1 heterocycles. The fourth-order valence-electron chi connectivity index (χ4n) is 1.27. The van der Waals surface area contributed by atoms with Gasteiger partial charge in [-0.1, -0.05) is 13.8 Å². The van der Waals surface area contributed by atoms with Crippen molar-refractivity contribution in [3.05, 3.63) is 0 Å². The molecule has 1 fully saturated rings. The van der Waals surface area contributed by atoms with Gasteiger partial charge in [0.2, 0.25) is 0 Å². The van der Waals surface area contributed by atoms with Crippen molar-refractivity contribution < 1.29 is 19.1 Å². The third-order valence-corrected chi connectivity index (χ3v) is 1.78. The molecule has 0 aromatic heterocycles. The summed E-state index contributed by atoms with van der Waals surface area (Å²) in [7, 11) is 0. The highest BCUT2D eigenvalue weighted by atomic mass is 16.6. The maximum absolute atomic E-state index is 11.5. The van der Waals surface area contributed by atoms with Gasteiger partial charge in [0, 0.05) is 0 Å². The Bertz CT molecular complexity index is 288. The van der Waals surface area contributed by atoms with Crippen molar-refractivity contribution in [3.8, 4) is 0 Å². The Hall–Kier alpha value is -1.39. The standard InChI is InChI=1S/C10H15NO4.C2H6/c1-10(2,3)15-9(14)11-5-7(12)4-8(13)6-11;1-2/h4-6H2,1-3H3;1-2H3. The number of nitrogens with zero attached hydrogens (tertiary/aromatic N) is 1. The number of amides is 1. The molecule has 1 aliphatic rings. The summed E-state index contributed by atoms with van der Waals surface area (Å²) < 4.78 is 5.06. The number of Topliss-reactive ketones (excluding diaryl/α,β-unsaturated/α-hetero) is 2. The van der Waals surface area contributed by atoms with Crippen molar-refractivity contribution in [2.45, 2.75) is 46.6 Å². The Labute approximate surface area is 102 Å². The van der Waals surface area contributed by atoms with Crippen LogP contribution in [0.3, 0.4) is 0 Å². The highest BCUT2D eigenvalue weighted by molar-refractivity contribution is 6.05. The summed E-state index contributed by atoms with van der Waals surface area (Å²) in [5.41, 5.74) is -0.610. The largest absolute Gasteiger partial charge is 0.444 e. The molecular weight excluding hydrogens is 222 g/mol. The quantitative estimate of drug-likeness (QED) is 0.608. The van der Waals surface area contributed by atoms with E-state index in [1.54, 1.807) is 20.8 Å². The van der Waals surface area contributed by atoms with Gasteiger partial charge in [0.05, 0.1) is 19.5 Å². The van der Waals surface area contributed by atoms with Gasteiger partial charge in [-0.25, -0.2) is 4.79 Å². The number of carbonyl (C=O) groups excluding carboxylic acids is 3. The third kappa shape index (κ3) is 6.04. The predicted molar refractivity (Wildman–Crippen MR) is 63.8 cm³/mol. The van der Waals surface area contributed by atoms with Gasteiger partial charge in [-0.15, -0.1) is 0 Å². The zero-order valence-electron chi connectivity index (χ0n) is 11.2. The Morgan fingerprint density at radius 3 is 1.88 bits per heavy atom. The second kappa shape index (κ2) is 6.37. The lowest BCUT2D eigenvalue weighted by atomic mass is 10.1. The maximum atomic E-state index is 11.5. The first kappa shape index (κ1) is 15.6. The van der Waals surface area contributed by atoms with E-state index in [4.69, 9.17) is 4.74 Å². The molecule has 0 aliphatic carbocycles. The molecule has 1 rings (SSSR count). The lowest BCUT2D eigenvalue weighted by molar-refractivity contribution is -0.132. The molecule has 0 atom stereocenters. The van der Waals surface area contributed by atoms with Crippen LogP contribution in [-0.2, 0) is 14.3 Å². The molecule has 1 saturated heterocycles. The number of piperidine rings is 1. The normalized spacial score (nSPS) is 16.2. The van der Waals surface area contributed by atoms with E-state index in [0.717, 1.165) is 4.90 Å². The monoisotopic (exact) mass is 243 g/mol. The molecule has 5 nitrogen and oxygen atoms in total. The lowest BCUT2D eigenvalue weighted by Crippen LogP contribution is -2.46. The van der Waals surface area contributed by atoms with Crippen LogP contribution in [0.5, 0.6) is 0 Å². The molecule has 98 valence electrons. The van der Waals surface area contributed by atoms with Gasteiger partial charge in [0.1, 0.15) is 5.60 Å². The fourth-order valence-corrected chi connectivity index (χ4v) is 1.27. The summed E-state index contributed by atoms with van der Waals surface area (Å²) in [4.78, 5) is 34.8. The average Bonchev–Trinajstić information content (AvgIpc) is 2.16. The Morgan fingerprint density at radius 1 is 1.12 bits per heavy atom. The van der Waals surface area contributed by atoms with Gasteiger partial charge >= 0.3 is 6.09 Å². The number of hydrogen-bond donors (Lipinski definition) is 0.